The van der Waals surface area contributed by atoms with E-state index in [9.17, 15) is 31.1 Å². The Bertz CT molecular complexity index is 860. The molecule has 15 heteroatoms. The number of pyridine rings is 1. The Labute approximate surface area is 209 Å². The number of ether oxygens (including phenoxy) is 1. The maximum atomic E-state index is 12.3. The molecule has 37 heavy (non-hydrogen) atoms. The number of aliphatic carboxylic acids is 2. The molecule has 0 bridgehead atoms. The van der Waals surface area contributed by atoms with Crippen LogP contribution in [0.3, 0.4) is 0 Å². The van der Waals surface area contributed by atoms with E-state index in [0.29, 0.717) is 18.9 Å². The number of carboxylic acid groups (broad SMARTS) is 2. The third-order valence-corrected chi connectivity index (χ3v) is 5.85. The van der Waals surface area contributed by atoms with Crippen molar-refractivity contribution in [1.29, 1.82) is 0 Å². The maximum Gasteiger partial charge on any atom is 0.490 e. The van der Waals surface area contributed by atoms with Gasteiger partial charge in [-0.15, -0.1) is 0 Å². The molecule has 2 aliphatic heterocycles. The lowest BCUT2D eigenvalue weighted by Gasteiger charge is -2.38. The Balaban J connectivity index is 0.000000404. The Kier molecular flexibility index (Phi) is 12.2. The summed E-state index contributed by atoms with van der Waals surface area (Å²) in [6.07, 6.45) is -1.38. The van der Waals surface area contributed by atoms with Gasteiger partial charge in [0.2, 0.25) is 5.91 Å². The number of nitrogens with zero attached hydrogens (tertiary/aromatic N) is 3. The summed E-state index contributed by atoms with van der Waals surface area (Å²) in [7, 11) is 1.71. The van der Waals surface area contributed by atoms with Crippen LogP contribution in [0.5, 0.6) is 0 Å². The molecular weight excluding hydrogens is 516 g/mol. The molecule has 1 spiro atoms. The van der Waals surface area contributed by atoms with E-state index < -0.39 is 24.3 Å². The number of alkyl halides is 6. The smallest absolute Gasteiger partial charge is 0.475 e. The third-order valence-electron chi connectivity index (χ3n) is 5.85. The number of methoxy groups -OCH3 is 1. The second kappa shape index (κ2) is 14.1. The zero-order valence-corrected chi connectivity index (χ0v) is 20.0. The lowest BCUT2D eigenvalue weighted by atomic mass is 9.88. The van der Waals surface area contributed by atoms with Crippen molar-refractivity contribution in [2.45, 2.75) is 56.5 Å². The molecule has 0 aliphatic carbocycles. The van der Waals surface area contributed by atoms with Gasteiger partial charge in [-0.1, -0.05) is 0 Å². The monoisotopic (exact) mass is 545 g/mol. The molecule has 2 N–H and O–H groups in total. The molecule has 0 radical (unpaired) electrons. The molecule has 2 fully saturated rings. The molecule has 1 aromatic heterocycles. The topological polar surface area (TPSA) is 120 Å². The van der Waals surface area contributed by atoms with Gasteiger partial charge in [0.25, 0.3) is 0 Å². The second-order valence-corrected chi connectivity index (χ2v) is 8.35. The molecule has 3 rings (SSSR count). The lowest BCUT2D eigenvalue weighted by Crippen LogP contribution is -2.47. The fourth-order valence-electron chi connectivity index (χ4n) is 4.08. The van der Waals surface area contributed by atoms with Crippen molar-refractivity contribution in [3.05, 3.63) is 30.1 Å². The number of carbonyl (C=O) groups excluding carboxylic acids is 1. The van der Waals surface area contributed by atoms with E-state index in [1.165, 1.54) is 5.56 Å². The van der Waals surface area contributed by atoms with Crippen molar-refractivity contribution in [1.82, 2.24) is 14.8 Å². The van der Waals surface area contributed by atoms with Crippen LogP contribution in [-0.2, 0) is 25.7 Å². The summed E-state index contributed by atoms with van der Waals surface area (Å²) in [5.41, 5.74) is 1.39. The summed E-state index contributed by atoms with van der Waals surface area (Å²) in [4.78, 5) is 38.8. The van der Waals surface area contributed by atoms with E-state index in [1.807, 2.05) is 12.4 Å². The van der Waals surface area contributed by atoms with Gasteiger partial charge in [0.15, 0.2) is 0 Å². The molecule has 1 amide bonds. The van der Waals surface area contributed by atoms with Gasteiger partial charge in [-0.25, -0.2) is 9.59 Å². The SMILES string of the molecule is COCCN1C(=O)CCC12CCCN(Cc1ccncc1)CC2.O=C(O)C(F)(F)F.O=C(O)C(F)(F)F. The number of hydrogen-bond donors (Lipinski definition) is 2. The summed E-state index contributed by atoms with van der Waals surface area (Å²) < 4.78 is 68.7. The number of hydrogen-bond acceptors (Lipinski definition) is 6. The number of carbonyl (C=O) groups is 3. The Hall–Kier alpha value is -2.94. The third kappa shape index (κ3) is 10.9. The van der Waals surface area contributed by atoms with Crippen LogP contribution in [0.2, 0.25) is 0 Å². The van der Waals surface area contributed by atoms with E-state index in [0.717, 1.165) is 51.9 Å². The van der Waals surface area contributed by atoms with Crippen LogP contribution in [0, 0.1) is 0 Å². The molecule has 2 saturated heterocycles. The van der Waals surface area contributed by atoms with E-state index in [1.54, 1.807) is 7.11 Å². The predicted octanol–water partition coefficient (Wildman–Crippen LogP) is 3.34. The Morgan fingerprint density at radius 1 is 1.00 bits per heavy atom. The lowest BCUT2D eigenvalue weighted by molar-refractivity contribution is -0.193. The molecule has 210 valence electrons. The first-order valence-electron chi connectivity index (χ1n) is 11.1. The van der Waals surface area contributed by atoms with Gasteiger partial charge in [-0.3, -0.25) is 14.7 Å². The molecule has 0 saturated carbocycles. The number of aromatic nitrogens is 1. The standard InChI is InChI=1S/C18H27N3O2.2C2HF3O2/c1-23-14-13-21-17(22)3-7-18(21)6-2-11-20(12-8-18)15-16-4-9-19-10-5-16;2*3-2(4,5)1(6)7/h4-5,9-10H,2-3,6-8,11-15H2,1H3;2*(H,6,7). The molecular formula is C22H29F6N3O6. The Morgan fingerprint density at radius 2 is 1.54 bits per heavy atom. The molecule has 1 unspecified atom stereocenters. The minimum atomic E-state index is -5.08. The zero-order valence-electron chi connectivity index (χ0n) is 20.0. The number of carboxylic acids is 2. The fourth-order valence-corrected chi connectivity index (χ4v) is 4.08. The van der Waals surface area contributed by atoms with E-state index in [-0.39, 0.29) is 5.54 Å². The fraction of sp³-hybridized carbons (Fsp3) is 0.636. The van der Waals surface area contributed by atoms with E-state index in [4.69, 9.17) is 24.5 Å². The van der Waals surface area contributed by atoms with Crippen LogP contribution in [0.25, 0.3) is 0 Å². The average molecular weight is 545 g/mol. The minimum absolute atomic E-state index is 0.0720. The molecule has 0 aromatic carbocycles. The van der Waals surface area contributed by atoms with Gasteiger partial charge in [0, 0.05) is 51.1 Å². The molecule has 1 atom stereocenters. The highest BCUT2D eigenvalue weighted by molar-refractivity contribution is 5.79. The summed E-state index contributed by atoms with van der Waals surface area (Å²) in [5, 5.41) is 14.2. The first-order chi connectivity index (χ1) is 17.1. The largest absolute Gasteiger partial charge is 0.490 e. The van der Waals surface area contributed by atoms with Crippen LogP contribution in [-0.4, -0.2) is 94.1 Å². The molecule has 3 heterocycles. The summed E-state index contributed by atoms with van der Waals surface area (Å²) >= 11 is 0. The highest BCUT2D eigenvalue weighted by Crippen LogP contribution is 2.39. The molecule has 9 nitrogen and oxygen atoms in total. The predicted molar refractivity (Wildman–Crippen MR) is 116 cm³/mol. The van der Waals surface area contributed by atoms with Gasteiger partial charge in [0.1, 0.15) is 0 Å². The van der Waals surface area contributed by atoms with Crippen molar-refractivity contribution in [3.8, 4) is 0 Å². The first kappa shape index (κ1) is 32.1. The quantitative estimate of drug-likeness (QED) is 0.541. The highest BCUT2D eigenvalue weighted by Gasteiger charge is 2.45. The number of likely N-dealkylation sites (tertiary alicyclic amines) is 2. The minimum Gasteiger partial charge on any atom is -0.475 e. The van der Waals surface area contributed by atoms with Gasteiger partial charge < -0.3 is 19.8 Å². The van der Waals surface area contributed by atoms with Gasteiger partial charge >= 0.3 is 24.3 Å². The summed E-state index contributed by atoms with van der Waals surface area (Å²) in [5.74, 6) is -5.20. The number of halogens is 6. The highest BCUT2D eigenvalue weighted by atomic mass is 19.4. The second-order valence-electron chi connectivity index (χ2n) is 8.35. The van der Waals surface area contributed by atoms with Crippen LogP contribution < -0.4 is 0 Å². The van der Waals surface area contributed by atoms with Gasteiger partial charge in [-0.2, -0.15) is 26.3 Å². The van der Waals surface area contributed by atoms with Crippen LogP contribution in [0.4, 0.5) is 26.3 Å². The summed E-state index contributed by atoms with van der Waals surface area (Å²) in [6.45, 7) is 4.51. The molecule has 1 aromatic rings. The number of amides is 1. The van der Waals surface area contributed by atoms with Crippen molar-refractivity contribution >= 4 is 17.8 Å². The van der Waals surface area contributed by atoms with Crippen molar-refractivity contribution in [2.75, 3.05) is 33.4 Å². The van der Waals surface area contributed by atoms with E-state index in [2.05, 4.69) is 26.9 Å². The van der Waals surface area contributed by atoms with Crippen LogP contribution >= 0.6 is 0 Å². The van der Waals surface area contributed by atoms with Crippen LogP contribution in [0.1, 0.15) is 37.7 Å². The van der Waals surface area contributed by atoms with Crippen molar-refractivity contribution < 1.29 is 55.7 Å². The normalized spacial score (nSPS) is 20.4. The average Bonchev–Trinajstić information content (AvgIpc) is 2.97. The Morgan fingerprint density at radius 3 is 2.03 bits per heavy atom. The zero-order chi connectivity index (χ0) is 28.3. The summed E-state index contributed by atoms with van der Waals surface area (Å²) in [6, 6.07) is 4.18. The van der Waals surface area contributed by atoms with Crippen LogP contribution in [0.15, 0.2) is 24.5 Å². The van der Waals surface area contributed by atoms with Crippen molar-refractivity contribution in [3.63, 3.8) is 0 Å². The first-order valence-corrected chi connectivity index (χ1v) is 11.1. The van der Waals surface area contributed by atoms with Crippen molar-refractivity contribution in [2.24, 2.45) is 0 Å². The maximum absolute atomic E-state index is 12.3. The van der Waals surface area contributed by atoms with Gasteiger partial charge in [0.05, 0.1) is 6.61 Å². The number of rotatable bonds is 5. The van der Waals surface area contributed by atoms with Gasteiger partial charge in [-0.05, 0) is 49.9 Å². The van der Waals surface area contributed by atoms with E-state index >= 15 is 0 Å². The molecule has 2 aliphatic rings.